The minimum absolute atomic E-state index is 0.307. The number of hydrogen-bond acceptors (Lipinski definition) is 4. The van der Waals surface area contributed by atoms with E-state index in [0.29, 0.717) is 17.2 Å². The van der Waals surface area contributed by atoms with E-state index >= 15 is 0 Å². The standard InChI is InChI=1S/C16H22N4.C6H12O.C6H14.C3H8/c1-3-14-9-11-15(12-10-14)8-6-4-5-7-13(2)16(19-17)20-18;1-3-4-5-6(2)7;1-5(2)6(3)4;1-3-2/h4-7,9-12H,2-3,8,17-18H2,1H3,(H,19,20);3-5H2,1-2H3;5-6H,1-4H3;3H2,1-2H3/b6-4-,7-5-;;;. The number of Topliss-reactive ketones (excluding diaryl/α,β-unsaturated/α-hetero) is 1. The lowest BCUT2D eigenvalue weighted by molar-refractivity contribution is -0.117. The third-order valence-electron chi connectivity index (χ3n) is 5.12. The van der Waals surface area contributed by atoms with Crippen LogP contribution < -0.4 is 17.1 Å². The molecular weight excluding hydrogens is 444 g/mol. The van der Waals surface area contributed by atoms with E-state index in [0.717, 1.165) is 43.9 Å². The van der Waals surface area contributed by atoms with Crippen LogP contribution in [-0.4, -0.2) is 11.6 Å². The second-order valence-electron chi connectivity index (χ2n) is 9.31. The van der Waals surface area contributed by atoms with Gasteiger partial charge >= 0.3 is 0 Å². The molecule has 0 heterocycles. The molecule has 1 rings (SSSR count). The fourth-order valence-electron chi connectivity index (χ4n) is 2.08. The normalized spacial score (nSPS) is 10.8. The number of ketones is 1. The second-order valence-corrected chi connectivity index (χ2v) is 9.31. The quantitative estimate of drug-likeness (QED) is 0.101. The van der Waals surface area contributed by atoms with Gasteiger partial charge in [0.2, 0.25) is 0 Å². The summed E-state index contributed by atoms with van der Waals surface area (Å²) in [4.78, 5) is 10.2. The first-order valence-corrected chi connectivity index (χ1v) is 13.4. The molecule has 0 saturated heterocycles. The summed E-state index contributed by atoms with van der Waals surface area (Å²) in [5.74, 6) is 12.8. The maximum Gasteiger partial charge on any atom is 0.166 e. The third-order valence-corrected chi connectivity index (χ3v) is 5.12. The predicted octanol–water partition coefficient (Wildman–Crippen LogP) is 7.68. The van der Waals surface area contributed by atoms with Crippen molar-refractivity contribution in [2.75, 3.05) is 0 Å². The van der Waals surface area contributed by atoms with Crippen molar-refractivity contribution in [3.05, 3.63) is 71.8 Å². The smallest absolute Gasteiger partial charge is 0.166 e. The molecule has 0 fully saturated rings. The van der Waals surface area contributed by atoms with Crippen LogP contribution in [0, 0.1) is 11.8 Å². The first kappa shape index (κ1) is 37.9. The highest BCUT2D eigenvalue weighted by Crippen LogP contribution is 2.07. The van der Waals surface area contributed by atoms with E-state index in [1.807, 2.05) is 12.2 Å². The van der Waals surface area contributed by atoms with Crippen LogP contribution in [0.3, 0.4) is 0 Å². The van der Waals surface area contributed by atoms with Gasteiger partial charge in [-0.1, -0.05) is 123 Å². The van der Waals surface area contributed by atoms with Gasteiger partial charge in [-0.25, -0.2) is 5.84 Å². The Morgan fingerprint density at radius 1 is 1.00 bits per heavy atom. The largest absolute Gasteiger partial charge is 0.321 e. The monoisotopic (exact) mass is 500 g/mol. The van der Waals surface area contributed by atoms with Gasteiger partial charge < -0.3 is 16.1 Å². The van der Waals surface area contributed by atoms with Gasteiger partial charge in [-0.2, -0.15) is 5.10 Å². The molecule has 5 heteroatoms. The Hall–Kier alpha value is -2.66. The fourth-order valence-corrected chi connectivity index (χ4v) is 2.08. The molecule has 36 heavy (non-hydrogen) atoms. The van der Waals surface area contributed by atoms with E-state index in [9.17, 15) is 4.79 Å². The number of carbonyl (C=O) groups is 1. The number of nitrogens with zero attached hydrogens (tertiary/aromatic N) is 1. The van der Waals surface area contributed by atoms with Gasteiger partial charge in [-0.05, 0) is 49.1 Å². The summed E-state index contributed by atoms with van der Waals surface area (Å²) >= 11 is 0. The number of carbonyl (C=O) groups excluding carboxylic acids is 1. The molecule has 5 nitrogen and oxygen atoms in total. The Balaban J connectivity index is -0.000000556. The van der Waals surface area contributed by atoms with Crippen molar-refractivity contribution in [1.82, 2.24) is 5.43 Å². The van der Waals surface area contributed by atoms with Crippen molar-refractivity contribution in [3.8, 4) is 0 Å². The zero-order valence-corrected chi connectivity index (χ0v) is 24.7. The van der Waals surface area contributed by atoms with E-state index in [-0.39, 0.29) is 0 Å². The van der Waals surface area contributed by atoms with Gasteiger partial charge in [0.25, 0.3) is 0 Å². The molecule has 0 amide bonds. The molecule has 0 aliphatic rings. The molecule has 0 spiro atoms. The van der Waals surface area contributed by atoms with Crippen LogP contribution in [0.1, 0.15) is 99.1 Å². The molecular formula is C31H56N4O. The van der Waals surface area contributed by atoms with Crippen LogP contribution in [-0.2, 0) is 17.6 Å². The molecule has 0 bridgehead atoms. The molecule has 5 N–H and O–H groups in total. The van der Waals surface area contributed by atoms with E-state index in [1.165, 1.54) is 17.5 Å². The van der Waals surface area contributed by atoms with E-state index in [2.05, 4.69) is 103 Å². The van der Waals surface area contributed by atoms with Crippen molar-refractivity contribution < 1.29 is 4.79 Å². The summed E-state index contributed by atoms with van der Waals surface area (Å²) in [5, 5.41) is 3.47. The number of hydrogen-bond donors (Lipinski definition) is 3. The number of allylic oxidation sites excluding steroid dienone is 3. The molecule has 0 aliphatic heterocycles. The Morgan fingerprint density at radius 2 is 1.50 bits per heavy atom. The zero-order valence-electron chi connectivity index (χ0n) is 24.7. The van der Waals surface area contributed by atoms with Crippen molar-refractivity contribution >= 4 is 11.6 Å². The average Bonchev–Trinajstić information content (AvgIpc) is 2.85. The molecule has 0 atom stereocenters. The van der Waals surface area contributed by atoms with Gasteiger partial charge in [-0.3, -0.25) is 0 Å². The van der Waals surface area contributed by atoms with Crippen molar-refractivity contribution in [3.63, 3.8) is 0 Å². The third kappa shape index (κ3) is 26.0. The number of benzene rings is 1. The highest BCUT2D eigenvalue weighted by molar-refractivity contribution is 5.99. The van der Waals surface area contributed by atoms with Gasteiger partial charge in [0.1, 0.15) is 5.78 Å². The molecule has 1 aromatic carbocycles. The maximum absolute atomic E-state index is 10.2. The van der Waals surface area contributed by atoms with E-state index < -0.39 is 0 Å². The van der Waals surface area contributed by atoms with Gasteiger partial charge in [0.15, 0.2) is 5.84 Å². The van der Waals surface area contributed by atoms with Crippen LogP contribution in [0.15, 0.2) is 65.8 Å². The molecule has 0 unspecified atom stereocenters. The van der Waals surface area contributed by atoms with Crippen molar-refractivity contribution in [2.45, 2.75) is 101 Å². The number of unbranched alkanes of at least 4 members (excludes halogenated alkanes) is 1. The van der Waals surface area contributed by atoms with E-state index in [4.69, 9.17) is 11.7 Å². The lowest BCUT2D eigenvalue weighted by Crippen LogP contribution is -2.31. The molecule has 0 radical (unpaired) electrons. The van der Waals surface area contributed by atoms with Crippen molar-refractivity contribution in [2.24, 2.45) is 28.6 Å². The number of hydrazone groups is 1. The lowest BCUT2D eigenvalue weighted by atomic mass is 10.0. The van der Waals surface area contributed by atoms with Crippen LogP contribution in [0.25, 0.3) is 0 Å². The SMILES string of the molecule is C=C(/C=C\C=C/Cc1ccc(CC)cc1)/C(=N/N)NN.CC(C)C(C)C.CCC.CCCCC(C)=O. The highest BCUT2D eigenvalue weighted by atomic mass is 16.1. The van der Waals surface area contributed by atoms with Gasteiger partial charge in [-0.15, -0.1) is 0 Å². The summed E-state index contributed by atoms with van der Waals surface area (Å²) in [6, 6.07) is 8.64. The summed E-state index contributed by atoms with van der Waals surface area (Å²) in [6.45, 7) is 22.9. The van der Waals surface area contributed by atoms with Gasteiger partial charge in [0.05, 0.1) is 0 Å². The first-order chi connectivity index (χ1) is 17.0. The second kappa shape index (κ2) is 26.9. The fraction of sp³-hybridized carbons (Fsp3) is 0.548. The number of amidine groups is 1. The Kier molecular flexibility index (Phi) is 28.3. The predicted molar refractivity (Wildman–Crippen MR) is 162 cm³/mol. The topological polar surface area (TPSA) is 93.5 Å². The summed E-state index contributed by atoms with van der Waals surface area (Å²) in [5.41, 5.74) is 5.66. The molecule has 206 valence electrons. The number of rotatable bonds is 10. The van der Waals surface area contributed by atoms with Crippen molar-refractivity contribution in [1.29, 1.82) is 0 Å². The Labute approximate surface area is 223 Å². The minimum Gasteiger partial charge on any atom is -0.321 e. The minimum atomic E-state index is 0.307. The van der Waals surface area contributed by atoms with Crippen LogP contribution in [0.2, 0.25) is 0 Å². The number of hydrazine groups is 1. The first-order valence-electron chi connectivity index (χ1n) is 13.4. The van der Waals surface area contributed by atoms with Crippen LogP contribution in [0.4, 0.5) is 0 Å². The summed E-state index contributed by atoms with van der Waals surface area (Å²) < 4.78 is 0. The lowest BCUT2D eigenvalue weighted by Gasteiger charge is -2.05. The van der Waals surface area contributed by atoms with Gasteiger partial charge in [0, 0.05) is 12.0 Å². The average molecular weight is 501 g/mol. The maximum atomic E-state index is 10.2. The summed E-state index contributed by atoms with van der Waals surface area (Å²) in [6.07, 6.45) is 13.9. The molecule has 1 aromatic rings. The Morgan fingerprint density at radius 3 is 1.83 bits per heavy atom. The number of nitrogens with two attached hydrogens (primary N) is 2. The zero-order chi connectivity index (χ0) is 28.4. The van der Waals surface area contributed by atoms with E-state index in [1.54, 1.807) is 13.0 Å². The number of nitrogens with one attached hydrogen (secondary N) is 1. The molecule has 0 aliphatic carbocycles. The van der Waals surface area contributed by atoms with Crippen LogP contribution >= 0.6 is 0 Å². The number of aryl methyl sites for hydroxylation is 1. The van der Waals surface area contributed by atoms with Crippen LogP contribution in [0.5, 0.6) is 0 Å². The molecule has 0 aromatic heterocycles. The highest BCUT2D eigenvalue weighted by Gasteiger charge is 1.96. The Bertz CT molecular complexity index is 738. The molecule has 0 saturated carbocycles. The summed E-state index contributed by atoms with van der Waals surface area (Å²) in [7, 11) is 0.